The van der Waals surface area contributed by atoms with Gasteiger partial charge in [0.25, 0.3) is 0 Å². The lowest BCUT2D eigenvalue weighted by molar-refractivity contribution is -0.123. The predicted molar refractivity (Wildman–Crippen MR) is 64.0 cm³/mol. The number of hydrogen-bond donors (Lipinski definition) is 1. The van der Waals surface area contributed by atoms with E-state index in [-0.39, 0.29) is 11.8 Å². The van der Waals surface area contributed by atoms with Gasteiger partial charge in [0.1, 0.15) is 0 Å². The summed E-state index contributed by atoms with van der Waals surface area (Å²) in [5.74, 6) is 2.76. The van der Waals surface area contributed by atoms with E-state index in [9.17, 15) is 4.79 Å². The molecule has 0 aliphatic heterocycles. The molecule has 0 heterocycles. The first-order chi connectivity index (χ1) is 7.83. The molecule has 2 rings (SSSR count). The van der Waals surface area contributed by atoms with Gasteiger partial charge in [0, 0.05) is 13.0 Å². The van der Waals surface area contributed by atoms with E-state index in [1.807, 2.05) is 18.2 Å². The van der Waals surface area contributed by atoms with Crippen LogP contribution in [-0.2, 0) is 11.2 Å². The Morgan fingerprint density at radius 1 is 1.50 bits per heavy atom. The van der Waals surface area contributed by atoms with E-state index in [1.54, 1.807) is 0 Å². The molecule has 0 saturated carbocycles. The van der Waals surface area contributed by atoms with Gasteiger partial charge in [-0.3, -0.25) is 4.79 Å². The fourth-order valence-corrected chi connectivity index (χ4v) is 2.02. The lowest BCUT2D eigenvalue weighted by Crippen LogP contribution is -2.35. The molecule has 1 aromatic carbocycles. The van der Waals surface area contributed by atoms with Crippen molar-refractivity contribution in [1.82, 2.24) is 5.32 Å². The Morgan fingerprint density at radius 3 is 3.06 bits per heavy atom. The molecule has 0 radical (unpaired) electrons. The average molecular weight is 213 g/mol. The number of amides is 1. The second-order valence-corrected chi connectivity index (χ2v) is 4.05. The SMILES string of the molecule is C#CCCCNC(=O)C1Cc2ccccc21. The van der Waals surface area contributed by atoms with Gasteiger partial charge in [0.15, 0.2) is 0 Å². The van der Waals surface area contributed by atoms with Crippen molar-refractivity contribution < 1.29 is 4.79 Å². The molecule has 2 heteroatoms. The molecule has 1 atom stereocenters. The molecular weight excluding hydrogens is 198 g/mol. The van der Waals surface area contributed by atoms with Crippen LogP contribution in [0, 0.1) is 12.3 Å². The molecule has 1 unspecified atom stereocenters. The second kappa shape index (κ2) is 4.85. The van der Waals surface area contributed by atoms with Gasteiger partial charge < -0.3 is 5.32 Å². The Hall–Kier alpha value is -1.75. The van der Waals surface area contributed by atoms with Crippen LogP contribution in [0.5, 0.6) is 0 Å². The predicted octanol–water partition coefficient (Wildman–Crippen LogP) is 1.86. The highest BCUT2D eigenvalue weighted by Gasteiger charge is 2.31. The summed E-state index contributed by atoms with van der Waals surface area (Å²) in [6.07, 6.45) is 7.60. The third-order valence-corrected chi connectivity index (χ3v) is 2.97. The Balaban J connectivity index is 1.83. The van der Waals surface area contributed by atoms with Crippen LogP contribution >= 0.6 is 0 Å². The van der Waals surface area contributed by atoms with Crippen LogP contribution in [0.4, 0.5) is 0 Å². The number of terminal acetylenes is 1. The molecular formula is C14H15NO. The van der Waals surface area contributed by atoms with Crippen molar-refractivity contribution in [3.05, 3.63) is 35.4 Å². The molecule has 0 saturated heterocycles. The molecule has 0 fully saturated rings. The molecule has 1 aromatic rings. The minimum absolute atomic E-state index is 0.0574. The van der Waals surface area contributed by atoms with Gasteiger partial charge in [0.2, 0.25) is 5.91 Å². The van der Waals surface area contributed by atoms with Crippen LogP contribution < -0.4 is 5.32 Å². The monoisotopic (exact) mass is 213 g/mol. The largest absolute Gasteiger partial charge is 0.356 e. The average Bonchev–Trinajstić information content (AvgIpc) is 2.26. The van der Waals surface area contributed by atoms with Crippen molar-refractivity contribution >= 4 is 5.91 Å². The highest BCUT2D eigenvalue weighted by atomic mass is 16.1. The van der Waals surface area contributed by atoms with Gasteiger partial charge in [-0.05, 0) is 24.0 Å². The van der Waals surface area contributed by atoms with E-state index < -0.39 is 0 Å². The van der Waals surface area contributed by atoms with Crippen molar-refractivity contribution in [2.24, 2.45) is 0 Å². The van der Waals surface area contributed by atoms with Gasteiger partial charge in [0.05, 0.1) is 5.92 Å². The first kappa shape index (κ1) is 10.8. The van der Waals surface area contributed by atoms with Gasteiger partial charge in [-0.15, -0.1) is 12.3 Å². The van der Waals surface area contributed by atoms with Crippen LogP contribution in [0.2, 0.25) is 0 Å². The van der Waals surface area contributed by atoms with E-state index in [4.69, 9.17) is 6.42 Å². The maximum absolute atomic E-state index is 11.8. The molecule has 1 amide bonds. The van der Waals surface area contributed by atoms with E-state index in [0.717, 1.165) is 19.3 Å². The highest BCUT2D eigenvalue weighted by Crippen LogP contribution is 2.34. The van der Waals surface area contributed by atoms with Crippen molar-refractivity contribution in [1.29, 1.82) is 0 Å². The van der Waals surface area contributed by atoms with Crippen molar-refractivity contribution in [3.8, 4) is 12.3 Å². The van der Waals surface area contributed by atoms with Crippen LogP contribution in [0.1, 0.15) is 29.9 Å². The summed E-state index contributed by atoms with van der Waals surface area (Å²) >= 11 is 0. The summed E-state index contributed by atoms with van der Waals surface area (Å²) in [6.45, 7) is 0.682. The number of fused-ring (bicyclic) bond motifs is 1. The number of rotatable bonds is 4. The quantitative estimate of drug-likeness (QED) is 0.600. The third-order valence-electron chi connectivity index (χ3n) is 2.97. The van der Waals surface area contributed by atoms with Crippen LogP contribution in [0.15, 0.2) is 24.3 Å². The number of nitrogens with one attached hydrogen (secondary N) is 1. The normalized spacial score (nSPS) is 16.8. The second-order valence-electron chi connectivity index (χ2n) is 4.05. The number of unbranched alkanes of at least 4 members (excludes halogenated alkanes) is 1. The maximum atomic E-state index is 11.8. The van der Waals surface area contributed by atoms with Gasteiger partial charge in [-0.25, -0.2) is 0 Å². The van der Waals surface area contributed by atoms with Crippen molar-refractivity contribution in [3.63, 3.8) is 0 Å². The number of carbonyl (C=O) groups is 1. The molecule has 0 bridgehead atoms. The summed E-state index contributed by atoms with van der Waals surface area (Å²) < 4.78 is 0. The zero-order valence-electron chi connectivity index (χ0n) is 9.20. The topological polar surface area (TPSA) is 29.1 Å². The molecule has 1 aliphatic carbocycles. The summed E-state index contributed by atoms with van der Waals surface area (Å²) in [7, 11) is 0. The summed E-state index contributed by atoms with van der Waals surface area (Å²) in [4.78, 5) is 11.8. The molecule has 0 aromatic heterocycles. The molecule has 82 valence electrons. The molecule has 16 heavy (non-hydrogen) atoms. The number of carbonyl (C=O) groups excluding carboxylic acids is 1. The van der Waals surface area contributed by atoms with E-state index >= 15 is 0 Å². The molecule has 0 spiro atoms. The highest BCUT2D eigenvalue weighted by molar-refractivity contribution is 5.86. The zero-order chi connectivity index (χ0) is 11.4. The Bertz CT molecular complexity index is 431. The van der Waals surface area contributed by atoms with Gasteiger partial charge in [-0.1, -0.05) is 24.3 Å². The fraction of sp³-hybridized carbons (Fsp3) is 0.357. The maximum Gasteiger partial charge on any atom is 0.227 e. The first-order valence-corrected chi connectivity index (χ1v) is 5.62. The zero-order valence-corrected chi connectivity index (χ0v) is 9.20. The smallest absolute Gasteiger partial charge is 0.227 e. The lowest BCUT2D eigenvalue weighted by Gasteiger charge is -2.28. The Labute approximate surface area is 96.1 Å². The summed E-state index contributed by atoms with van der Waals surface area (Å²) in [6, 6.07) is 8.11. The first-order valence-electron chi connectivity index (χ1n) is 5.62. The van der Waals surface area contributed by atoms with Crippen molar-refractivity contribution in [2.75, 3.05) is 6.54 Å². The van der Waals surface area contributed by atoms with Gasteiger partial charge >= 0.3 is 0 Å². The van der Waals surface area contributed by atoms with Crippen LogP contribution in [-0.4, -0.2) is 12.5 Å². The third kappa shape index (κ3) is 2.09. The Kier molecular flexibility index (Phi) is 3.26. The Morgan fingerprint density at radius 2 is 2.31 bits per heavy atom. The van der Waals surface area contributed by atoms with Gasteiger partial charge in [-0.2, -0.15) is 0 Å². The standard InChI is InChI=1S/C14H15NO/c1-2-3-6-9-15-14(16)13-10-11-7-4-5-8-12(11)13/h1,4-5,7-8,13H,3,6,9-10H2,(H,15,16). The fourth-order valence-electron chi connectivity index (χ4n) is 2.02. The number of benzene rings is 1. The summed E-state index contributed by atoms with van der Waals surface area (Å²) in [5.41, 5.74) is 2.48. The minimum atomic E-state index is 0.0574. The molecule has 1 N–H and O–H groups in total. The lowest BCUT2D eigenvalue weighted by atomic mass is 9.77. The van der Waals surface area contributed by atoms with Crippen LogP contribution in [0.25, 0.3) is 0 Å². The summed E-state index contributed by atoms with van der Waals surface area (Å²) in [5, 5.41) is 2.93. The molecule has 2 nitrogen and oxygen atoms in total. The minimum Gasteiger partial charge on any atom is -0.356 e. The van der Waals surface area contributed by atoms with E-state index in [1.165, 1.54) is 11.1 Å². The van der Waals surface area contributed by atoms with Crippen molar-refractivity contribution in [2.45, 2.75) is 25.2 Å². The van der Waals surface area contributed by atoms with Crippen LogP contribution in [0.3, 0.4) is 0 Å². The number of hydrogen-bond acceptors (Lipinski definition) is 1. The van der Waals surface area contributed by atoms with E-state index in [0.29, 0.717) is 6.54 Å². The molecule has 1 aliphatic rings. The van der Waals surface area contributed by atoms with E-state index in [2.05, 4.69) is 17.3 Å².